The standard InChI is InChI=1S/C11H8ClFN2S/c12-7-5-10(9(14)6-8(7)13)16-11-3-1-2-4-15-11/h1-6H,14H2. The van der Waals surface area contributed by atoms with Crippen LogP contribution in [0.1, 0.15) is 0 Å². The van der Waals surface area contributed by atoms with Crippen LogP contribution in [0.25, 0.3) is 0 Å². The van der Waals surface area contributed by atoms with Gasteiger partial charge in [0.25, 0.3) is 0 Å². The van der Waals surface area contributed by atoms with Gasteiger partial charge in [0.05, 0.1) is 5.02 Å². The molecule has 5 heteroatoms. The number of hydrogen-bond donors (Lipinski definition) is 1. The molecule has 1 heterocycles. The molecule has 2 N–H and O–H groups in total. The summed E-state index contributed by atoms with van der Waals surface area (Å²) in [6.45, 7) is 0. The minimum absolute atomic E-state index is 0.0626. The largest absolute Gasteiger partial charge is 0.398 e. The molecule has 1 aromatic carbocycles. The van der Waals surface area contributed by atoms with Gasteiger partial charge in [-0.1, -0.05) is 29.4 Å². The van der Waals surface area contributed by atoms with Gasteiger partial charge in [-0.3, -0.25) is 0 Å². The molecular formula is C11H8ClFN2S. The molecule has 0 atom stereocenters. The van der Waals surface area contributed by atoms with Crippen LogP contribution >= 0.6 is 23.4 Å². The molecule has 0 fully saturated rings. The average Bonchev–Trinajstić information content (AvgIpc) is 2.27. The van der Waals surface area contributed by atoms with Crippen LogP contribution < -0.4 is 5.73 Å². The summed E-state index contributed by atoms with van der Waals surface area (Å²) in [5, 5.41) is 0.851. The lowest BCUT2D eigenvalue weighted by molar-refractivity contribution is 0.628. The van der Waals surface area contributed by atoms with Crippen molar-refractivity contribution in [3.05, 3.63) is 47.4 Å². The first-order chi connectivity index (χ1) is 7.66. The Morgan fingerprint density at radius 1 is 1.31 bits per heavy atom. The van der Waals surface area contributed by atoms with E-state index in [1.54, 1.807) is 6.20 Å². The second kappa shape index (κ2) is 4.72. The molecule has 2 aromatic rings. The number of benzene rings is 1. The summed E-state index contributed by atoms with van der Waals surface area (Å²) in [4.78, 5) is 4.84. The highest BCUT2D eigenvalue weighted by atomic mass is 35.5. The molecule has 0 unspecified atom stereocenters. The molecule has 0 saturated carbocycles. The smallest absolute Gasteiger partial charge is 0.143 e. The van der Waals surface area contributed by atoms with Crippen LogP contribution in [0.4, 0.5) is 10.1 Å². The van der Waals surface area contributed by atoms with Crippen LogP contribution in [0, 0.1) is 5.82 Å². The first kappa shape index (κ1) is 11.2. The van der Waals surface area contributed by atoms with Crippen molar-refractivity contribution in [2.24, 2.45) is 0 Å². The van der Waals surface area contributed by atoms with E-state index in [4.69, 9.17) is 17.3 Å². The topological polar surface area (TPSA) is 38.9 Å². The second-order valence-electron chi connectivity index (χ2n) is 3.07. The maximum Gasteiger partial charge on any atom is 0.143 e. The fraction of sp³-hybridized carbons (Fsp3) is 0. The number of halogens is 2. The van der Waals surface area contributed by atoms with Crippen molar-refractivity contribution in [1.29, 1.82) is 0 Å². The lowest BCUT2D eigenvalue weighted by Crippen LogP contribution is -1.91. The molecule has 2 rings (SSSR count). The summed E-state index contributed by atoms with van der Waals surface area (Å²) >= 11 is 7.04. The van der Waals surface area contributed by atoms with Gasteiger partial charge in [0.1, 0.15) is 10.8 Å². The molecule has 0 spiro atoms. The van der Waals surface area contributed by atoms with E-state index in [2.05, 4.69) is 4.98 Å². The number of aromatic nitrogens is 1. The van der Waals surface area contributed by atoms with Gasteiger partial charge < -0.3 is 5.73 Å². The Morgan fingerprint density at radius 3 is 2.81 bits per heavy atom. The van der Waals surface area contributed by atoms with Gasteiger partial charge in [-0.25, -0.2) is 9.37 Å². The predicted octanol–water partition coefficient (Wildman–Crippen LogP) is 3.61. The van der Waals surface area contributed by atoms with E-state index >= 15 is 0 Å². The van der Waals surface area contributed by atoms with Crippen LogP contribution in [0.3, 0.4) is 0 Å². The number of rotatable bonds is 2. The summed E-state index contributed by atoms with van der Waals surface area (Å²) < 4.78 is 13.1. The SMILES string of the molecule is Nc1cc(F)c(Cl)cc1Sc1ccccn1. The quantitative estimate of drug-likeness (QED) is 0.832. The van der Waals surface area contributed by atoms with Crippen LogP contribution in [-0.4, -0.2) is 4.98 Å². The summed E-state index contributed by atoms with van der Waals surface area (Å²) in [7, 11) is 0. The Balaban J connectivity index is 2.32. The highest BCUT2D eigenvalue weighted by molar-refractivity contribution is 7.99. The number of hydrogen-bond acceptors (Lipinski definition) is 3. The van der Waals surface area contributed by atoms with Crippen LogP contribution in [0.5, 0.6) is 0 Å². The number of pyridine rings is 1. The molecule has 2 nitrogen and oxygen atoms in total. The highest BCUT2D eigenvalue weighted by Crippen LogP contribution is 2.33. The van der Waals surface area contributed by atoms with E-state index in [-0.39, 0.29) is 5.02 Å². The second-order valence-corrected chi connectivity index (χ2v) is 4.54. The van der Waals surface area contributed by atoms with Crippen molar-refractivity contribution < 1.29 is 4.39 Å². The summed E-state index contributed by atoms with van der Waals surface area (Å²) in [6.07, 6.45) is 1.68. The molecule has 0 saturated heterocycles. The molecule has 16 heavy (non-hydrogen) atoms. The monoisotopic (exact) mass is 254 g/mol. The van der Waals surface area contributed by atoms with Crippen molar-refractivity contribution in [2.75, 3.05) is 5.73 Å². The predicted molar refractivity (Wildman–Crippen MR) is 64.2 cm³/mol. The van der Waals surface area contributed by atoms with Crippen molar-refractivity contribution >= 4 is 29.1 Å². The van der Waals surface area contributed by atoms with E-state index in [9.17, 15) is 4.39 Å². The van der Waals surface area contributed by atoms with Gasteiger partial charge in [-0.2, -0.15) is 0 Å². The fourth-order valence-corrected chi connectivity index (χ4v) is 2.22. The normalized spacial score (nSPS) is 10.4. The van der Waals surface area contributed by atoms with Gasteiger partial charge in [-0.15, -0.1) is 0 Å². The first-order valence-corrected chi connectivity index (χ1v) is 5.69. The molecule has 0 aliphatic heterocycles. The number of anilines is 1. The van der Waals surface area contributed by atoms with E-state index < -0.39 is 5.82 Å². The van der Waals surface area contributed by atoms with Crippen molar-refractivity contribution in [1.82, 2.24) is 4.98 Å². The van der Waals surface area contributed by atoms with Crippen LogP contribution in [-0.2, 0) is 0 Å². The van der Waals surface area contributed by atoms with E-state index in [1.165, 1.54) is 23.9 Å². The van der Waals surface area contributed by atoms with Crippen molar-refractivity contribution in [3.8, 4) is 0 Å². The Labute approximate surface area is 102 Å². The fourth-order valence-electron chi connectivity index (χ4n) is 1.15. The molecule has 0 bridgehead atoms. The molecule has 1 aromatic heterocycles. The molecule has 0 amide bonds. The maximum absolute atomic E-state index is 13.1. The van der Waals surface area contributed by atoms with Gasteiger partial charge in [0.15, 0.2) is 0 Å². The molecule has 0 aliphatic rings. The van der Waals surface area contributed by atoms with Gasteiger partial charge in [0.2, 0.25) is 0 Å². The summed E-state index contributed by atoms with van der Waals surface area (Å²) in [5.74, 6) is -0.510. The summed E-state index contributed by atoms with van der Waals surface area (Å²) in [5.41, 5.74) is 6.05. The Bertz CT molecular complexity index is 505. The van der Waals surface area contributed by atoms with Crippen molar-refractivity contribution in [3.63, 3.8) is 0 Å². The lowest BCUT2D eigenvalue weighted by Gasteiger charge is -2.05. The number of nitrogens with zero attached hydrogens (tertiary/aromatic N) is 1. The molecular weight excluding hydrogens is 247 g/mol. The highest BCUT2D eigenvalue weighted by Gasteiger charge is 2.08. The minimum atomic E-state index is -0.510. The third-order valence-electron chi connectivity index (χ3n) is 1.90. The number of nitrogen functional groups attached to an aromatic ring is 1. The van der Waals surface area contributed by atoms with Crippen LogP contribution in [0.2, 0.25) is 5.02 Å². The van der Waals surface area contributed by atoms with Gasteiger partial charge >= 0.3 is 0 Å². The molecule has 0 aliphatic carbocycles. The van der Waals surface area contributed by atoms with Gasteiger partial charge in [-0.05, 0) is 24.3 Å². The third kappa shape index (κ3) is 2.46. The zero-order valence-electron chi connectivity index (χ0n) is 8.15. The first-order valence-electron chi connectivity index (χ1n) is 4.50. The maximum atomic E-state index is 13.1. The molecule has 0 radical (unpaired) electrons. The zero-order valence-corrected chi connectivity index (χ0v) is 9.73. The Hall–Kier alpha value is -1.26. The van der Waals surface area contributed by atoms with Crippen molar-refractivity contribution in [2.45, 2.75) is 9.92 Å². The average molecular weight is 255 g/mol. The lowest BCUT2D eigenvalue weighted by atomic mass is 10.3. The van der Waals surface area contributed by atoms with E-state index in [0.717, 1.165) is 5.03 Å². The summed E-state index contributed by atoms with van der Waals surface area (Å²) in [6, 6.07) is 8.27. The Kier molecular flexibility index (Phi) is 3.31. The van der Waals surface area contributed by atoms with E-state index in [0.29, 0.717) is 10.6 Å². The van der Waals surface area contributed by atoms with Crippen LogP contribution in [0.15, 0.2) is 46.5 Å². The number of nitrogens with two attached hydrogens (primary N) is 1. The minimum Gasteiger partial charge on any atom is -0.398 e. The molecule has 82 valence electrons. The zero-order chi connectivity index (χ0) is 11.5. The third-order valence-corrected chi connectivity index (χ3v) is 3.22. The van der Waals surface area contributed by atoms with E-state index in [1.807, 2.05) is 18.2 Å². The Morgan fingerprint density at radius 2 is 2.12 bits per heavy atom. The van der Waals surface area contributed by atoms with Gasteiger partial charge in [0, 0.05) is 16.8 Å².